The van der Waals surface area contributed by atoms with E-state index >= 15 is 0 Å². The normalized spacial score (nSPS) is 12.3. The largest absolute Gasteiger partial charge is 0.480 e. The summed E-state index contributed by atoms with van der Waals surface area (Å²) in [5.41, 5.74) is 0.466. The number of benzene rings is 1. The smallest absolute Gasteiger partial charge is 0.316 e. The minimum Gasteiger partial charge on any atom is -0.480 e. The number of carboxylic acids is 1. The van der Waals surface area contributed by atoms with Gasteiger partial charge < -0.3 is 5.11 Å². The zero-order valence-corrected chi connectivity index (χ0v) is 10.6. The minimum atomic E-state index is -0.970. The minimum absolute atomic E-state index is 0.0767. The summed E-state index contributed by atoms with van der Waals surface area (Å²) < 4.78 is 0. The van der Waals surface area contributed by atoms with Gasteiger partial charge in [-0.25, -0.2) is 9.97 Å². The number of aliphatic carboxylic acids is 1. The third kappa shape index (κ3) is 2.79. The fourth-order valence-electron chi connectivity index (χ4n) is 1.45. The lowest BCUT2D eigenvalue weighted by Crippen LogP contribution is -2.11. The molecular weight excluding hydrogens is 270 g/mol. The van der Waals surface area contributed by atoms with E-state index < -0.39 is 16.1 Å². The molecule has 0 amide bonds. The lowest BCUT2D eigenvalue weighted by Gasteiger charge is -2.07. The molecule has 2 rings (SSSR count). The third-order valence-electron chi connectivity index (χ3n) is 2.43. The van der Waals surface area contributed by atoms with Crippen LogP contribution in [0.2, 0.25) is 0 Å². The number of nitro benzene ring substituents is 1. The summed E-state index contributed by atoms with van der Waals surface area (Å²) in [5.74, 6) is -0.970. The number of carbonyl (C=O) groups is 1. The number of hydrogen-bond acceptors (Lipinski definition) is 6. The Labute approximate surface area is 111 Å². The fourth-order valence-corrected chi connectivity index (χ4v) is 2.28. The molecule has 7 nitrogen and oxygen atoms in total. The van der Waals surface area contributed by atoms with Crippen molar-refractivity contribution < 1.29 is 14.8 Å². The van der Waals surface area contributed by atoms with Crippen LogP contribution in [0.3, 0.4) is 0 Å². The molecule has 1 N–H and O–H groups in total. The van der Waals surface area contributed by atoms with E-state index in [2.05, 4.69) is 9.97 Å². The Bertz CT molecular complexity index is 661. The molecule has 0 spiro atoms. The molecule has 0 bridgehead atoms. The molecule has 1 aromatic carbocycles. The zero-order valence-electron chi connectivity index (χ0n) is 9.81. The van der Waals surface area contributed by atoms with Crippen LogP contribution in [-0.2, 0) is 4.79 Å². The first-order valence-electron chi connectivity index (χ1n) is 5.27. The van der Waals surface area contributed by atoms with Crippen LogP contribution in [0, 0.1) is 10.1 Å². The Morgan fingerprint density at radius 1 is 1.47 bits per heavy atom. The topological polar surface area (TPSA) is 106 Å². The van der Waals surface area contributed by atoms with Gasteiger partial charge in [-0.3, -0.25) is 14.9 Å². The van der Waals surface area contributed by atoms with Gasteiger partial charge in [0.05, 0.1) is 10.4 Å². The van der Waals surface area contributed by atoms with Crippen molar-refractivity contribution in [1.82, 2.24) is 9.97 Å². The Morgan fingerprint density at radius 2 is 2.21 bits per heavy atom. The first-order chi connectivity index (χ1) is 8.99. The molecule has 2 aromatic rings. The number of nitrogens with zero attached hydrogens (tertiary/aromatic N) is 3. The first kappa shape index (κ1) is 13.2. The Balaban J connectivity index is 2.51. The van der Waals surface area contributed by atoms with Crippen molar-refractivity contribution in [2.24, 2.45) is 0 Å². The highest BCUT2D eigenvalue weighted by molar-refractivity contribution is 8.00. The SMILES string of the molecule is CC(Sc1ncnc2ccc([N+](=O)[O-])cc12)C(=O)O. The summed E-state index contributed by atoms with van der Waals surface area (Å²) in [6.45, 7) is 1.53. The van der Waals surface area contributed by atoms with E-state index in [9.17, 15) is 14.9 Å². The van der Waals surface area contributed by atoms with E-state index in [0.29, 0.717) is 15.9 Å². The standard InChI is InChI=1S/C11H9N3O4S/c1-6(11(15)16)19-10-8-4-7(14(17)18)2-3-9(8)12-5-13-10/h2-6H,1H3,(H,15,16). The maximum absolute atomic E-state index is 10.8. The van der Waals surface area contributed by atoms with E-state index in [4.69, 9.17) is 5.11 Å². The number of rotatable bonds is 4. The Morgan fingerprint density at radius 3 is 2.84 bits per heavy atom. The number of nitro groups is 1. The monoisotopic (exact) mass is 279 g/mol. The predicted molar refractivity (Wildman–Crippen MR) is 69.1 cm³/mol. The highest BCUT2D eigenvalue weighted by Gasteiger charge is 2.17. The maximum atomic E-state index is 10.8. The van der Waals surface area contributed by atoms with Crippen LogP contribution in [0.15, 0.2) is 29.6 Å². The molecule has 0 saturated carbocycles. The van der Waals surface area contributed by atoms with Gasteiger partial charge >= 0.3 is 5.97 Å². The van der Waals surface area contributed by atoms with Crippen molar-refractivity contribution in [3.63, 3.8) is 0 Å². The number of carboxylic acid groups (broad SMARTS) is 1. The second-order valence-electron chi connectivity index (χ2n) is 3.74. The summed E-state index contributed by atoms with van der Waals surface area (Å²) in [6.07, 6.45) is 1.31. The summed E-state index contributed by atoms with van der Waals surface area (Å²) in [6, 6.07) is 4.22. The van der Waals surface area contributed by atoms with E-state index in [1.165, 1.54) is 31.5 Å². The molecule has 8 heteroatoms. The highest BCUT2D eigenvalue weighted by atomic mass is 32.2. The number of hydrogen-bond donors (Lipinski definition) is 1. The van der Waals surface area contributed by atoms with E-state index in [1.807, 2.05) is 0 Å². The summed E-state index contributed by atoms with van der Waals surface area (Å²) in [5, 5.41) is 19.8. The van der Waals surface area contributed by atoms with Gasteiger partial charge in [0.25, 0.3) is 5.69 Å². The quantitative estimate of drug-likeness (QED) is 0.395. The van der Waals surface area contributed by atoms with Crippen molar-refractivity contribution in [1.29, 1.82) is 0 Å². The third-order valence-corrected chi connectivity index (χ3v) is 3.53. The van der Waals surface area contributed by atoms with Crippen LogP contribution in [0.1, 0.15) is 6.92 Å². The van der Waals surface area contributed by atoms with Gasteiger partial charge in [0.2, 0.25) is 0 Å². The summed E-state index contributed by atoms with van der Waals surface area (Å²) in [7, 11) is 0. The van der Waals surface area contributed by atoms with Gasteiger partial charge in [-0.1, -0.05) is 11.8 Å². The molecule has 0 aliphatic rings. The van der Waals surface area contributed by atoms with Gasteiger partial charge in [0.15, 0.2) is 0 Å². The van der Waals surface area contributed by atoms with Gasteiger partial charge in [0.1, 0.15) is 16.6 Å². The van der Waals surface area contributed by atoms with Gasteiger partial charge in [0, 0.05) is 17.5 Å². The molecule has 0 aliphatic carbocycles. The molecule has 0 aliphatic heterocycles. The second-order valence-corrected chi connectivity index (χ2v) is 5.07. The van der Waals surface area contributed by atoms with Crippen LogP contribution in [0.25, 0.3) is 10.9 Å². The Kier molecular flexibility index (Phi) is 3.61. The zero-order chi connectivity index (χ0) is 14.0. The lowest BCUT2D eigenvalue weighted by atomic mass is 10.2. The van der Waals surface area contributed by atoms with Gasteiger partial charge in [-0.15, -0.1) is 0 Å². The summed E-state index contributed by atoms with van der Waals surface area (Å²) in [4.78, 5) is 29.1. The van der Waals surface area contributed by atoms with Crippen molar-refractivity contribution >= 4 is 34.3 Å². The van der Waals surface area contributed by atoms with Crippen LogP contribution in [-0.4, -0.2) is 31.2 Å². The van der Waals surface area contributed by atoms with E-state index in [-0.39, 0.29) is 5.69 Å². The second kappa shape index (κ2) is 5.19. The van der Waals surface area contributed by atoms with Crippen LogP contribution in [0.5, 0.6) is 0 Å². The van der Waals surface area contributed by atoms with Gasteiger partial charge in [-0.05, 0) is 13.0 Å². The van der Waals surface area contributed by atoms with Gasteiger partial charge in [-0.2, -0.15) is 0 Å². The predicted octanol–water partition coefficient (Wildman–Crippen LogP) is 2.10. The van der Waals surface area contributed by atoms with E-state index in [1.54, 1.807) is 0 Å². The van der Waals surface area contributed by atoms with Crippen LogP contribution >= 0.6 is 11.8 Å². The molecule has 19 heavy (non-hydrogen) atoms. The lowest BCUT2D eigenvalue weighted by molar-refractivity contribution is -0.384. The van der Waals surface area contributed by atoms with Crippen molar-refractivity contribution in [2.45, 2.75) is 17.2 Å². The number of fused-ring (bicyclic) bond motifs is 1. The number of non-ortho nitro benzene ring substituents is 1. The van der Waals surface area contributed by atoms with Crippen LogP contribution in [0.4, 0.5) is 5.69 Å². The number of thioether (sulfide) groups is 1. The first-order valence-corrected chi connectivity index (χ1v) is 6.15. The molecule has 1 aromatic heterocycles. The van der Waals surface area contributed by atoms with Crippen molar-refractivity contribution in [3.8, 4) is 0 Å². The maximum Gasteiger partial charge on any atom is 0.316 e. The molecule has 1 atom stereocenters. The molecule has 0 saturated heterocycles. The highest BCUT2D eigenvalue weighted by Crippen LogP contribution is 2.30. The average molecular weight is 279 g/mol. The molecule has 0 fully saturated rings. The number of aromatic nitrogens is 2. The van der Waals surface area contributed by atoms with Crippen molar-refractivity contribution in [3.05, 3.63) is 34.6 Å². The van der Waals surface area contributed by atoms with E-state index in [0.717, 1.165) is 11.8 Å². The Hall–Kier alpha value is -2.22. The van der Waals surface area contributed by atoms with Crippen molar-refractivity contribution in [2.75, 3.05) is 0 Å². The molecule has 98 valence electrons. The molecule has 0 radical (unpaired) electrons. The fraction of sp³-hybridized carbons (Fsp3) is 0.182. The average Bonchev–Trinajstić information content (AvgIpc) is 2.38. The summed E-state index contributed by atoms with van der Waals surface area (Å²) >= 11 is 1.03. The molecular formula is C11H9N3O4S. The molecule has 1 heterocycles. The molecule has 1 unspecified atom stereocenters. The van der Waals surface area contributed by atoms with Crippen LogP contribution < -0.4 is 0 Å².